The van der Waals surface area contributed by atoms with Crippen LogP contribution in [-0.4, -0.2) is 28.1 Å². The van der Waals surface area contributed by atoms with Crippen molar-refractivity contribution in [3.63, 3.8) is 0 Å². The highest BCUT2D eigenvalue weighted by Crippen LogP contribution is 2.28. The number of para-hydroxylation sites is 1. The van der Waals surface area contributed by atoms with Gasteiger partial charge in [-0.3, -0.25) is 4.79 Å². The number of fused-ring (bicyclic) bond motifs is 1. The molecule has 0 spiro atoms. The molecule has 2 aromatic heterocycles. The zero-order valence-corrected chi connectivity index (χ0v) is 12.7. The summed E-state index contributed by atoms with van der Waals surface area (Å²) in [5.74, 6) is 0.675. The Bertz CT molecular complexity index is 852. The number of nitrogens with zero attached hydrogens (tertiary/aromatic N) is 2. The molecule has 0 unspecified atom stereocenters. The first-order chi connectivity index (χ1) is 11.2. The fourth-order valence-corrected chi connectivity index (χ4v) is 3.04. The van der Waals surface area contributed by atoms with Gasteiger partial charge in [0.1, 0.15) is 23.8 Å². The van der Waals surface area contributed by atoms with Gasteiger partial charge < -0.3 is 19.0 Å². The fourth-order valence-electron chi connectivity index (χ4n) is 3.04. The molecule has 3 heterocycles. The van der Waals surface area contributed by atoms with Crippen molar-refractivity contribution in [3.05, 3.63) is 54.3 Å². The van der Waals surface area contributed by atoms with Crippen molar-refractivity contribution in [1.29, 1.82) is 0 Å². The second-order valence-electron chi connectivity index (χ2n) is 5.70. The van der Waals surface area contributed by atoms with Gasteiger partial charge in [0.25, 0.3) is 5.91 Å². The van der Waals surface area contributed by atoms with Crippen LogP contribution in [0.3, 0.4) is 0 Å². The summed E-state index contributed by atoms with van der Waals surface area (Å²) in [4.78, 5) is 17.0. The van der Waals surface area contributed by atoms with Crippen molar-refractivity contribution in [2.75, 3.05) is 6.61 Å². The van der Waals surface area contributed by atoms with Crippen molar-refractivity contribution in [3.8, 4) is 0 Å². The monoisotopic (exact) mass is 311 g/mol. The molecule has 1 amide bonds. The lowest BCUT2D eigenvalue weighted by Gasteiger charge is -2.19. The Balaban J connectivity index is 1.57. The van der Waals surface area contributed by atoms with Gasteiger partial charge in [-0.25, -0.2) is 4.98 Å². The van der Waals surface area contributed by atoms with Gasteiger partial charge in [-0.2, -0.15) is 0 Å². The highest BCUT2D eigenvalue weighted by Gasteiger charge is 2.34. The molecule has 6 nitrogen and oxygen atoms in total. The second-order valence-corrected chi connectivity index (χ2v) is 5.70. The third-order valence-electron chi connectivity index (χ3n) is 4.25. The smallest absolute Gasteiger partial charge is 0.255 e. The Morgan fingerprint density at radius 2 is 2.26 bits per heavy atom. The number of furan rings is 1. The Morgan fingerprint density at radius 3 is 3.09 bits per heavy atom. The molecule has 0 radical (unpaired) electrons. The lowest BCUT2D eigenvalue weighted by atomic mass is 10.1. The van der Waals surface area contributed by atoms with Gasteiger partial charge in [0.05, 0.1) is 11.6 Å². The number of aromatic nitrogens is 2. The van der Waals surface area contributed by atoms with Gasteiger partial charge in [0, 0.05) is 31.4 Å². The van der Waals surface area contributed by atoms with Crippen LogP contribution in [0.5, 0.6) is 0 Å². The van der Waals surface area contributed by atoms with Crippen LogP contribution < -0.4 is 5.32 Å². The number of ether oxygens (including phenoxy) is 1. The lowest BCUT2D eigenvalue weighted by molar-refractivity contribution is 0.0779. The molecule has 23 heavy (non-hydrogen) atoms. The minimum absolute atomic E-state index is 0.0998. The molecule has 1 aromatic carbocycles. The normalized spacial score (nSPS) is 20.9. The Kier molecular flexibility index (Phi) is 3.38. The number of rotatable bonds is 3. The standard InChI is InChI=1S/C17H17N3O3/c1-20-8-7-18-16(20)15-13(6-9-22-15)19-17(21)12-10-23-14-5-3-2-4-11(12)14/h2-5,7-8,10,13,15H,6,9H2,1H3,(H,19,21)/t13-,15-/m0/s1. The van der Waals surface area contributed by atoms with E-state index >= 15 is 0 Å². The molecule has 1 saturated heterocycles. The minimum Gasteiger partial charge on any atom is -0.463 e. The topological polar surface area (TPSA) is 69.3 Å². The van der Waals surface area contributed by atoms with E-state index in [4.69, 9.17) is 9.15 Å². The van der Waals surface area contributed by atoms with Crippen molar-refractivity contribution in [2.24, 2.45) is 7.05 Å². The van der Waals surface area contributed by atoms with Gasteiger partial charge in [-0.15, -0.1) is 0 Å². The molecule has 3 aromatic rings. The average molecular weight is 311 g/mol. The maximum absolute atomic E-state index is 12.6. The van der Waals surface area contributed by atoms with E-state index in [1.807, 2.05) is 42.1 Å². The predicted octanol–water partition coefficient (Wildman–Crippen LogP) is 2.43. The van der Waals surface area contributed by atoms with E-state index in [1.54, 1.807) is 6.20 Å². The van der Waals surface area contributed by atoms with Crippen LogP contribution in [0.25, 0.3) is 11.0 Å². The van der Waals surface area contributed by atoms with E-state index in [0.29, 0.717) is 17.8 Å². The molecule has 0 aliphatic carbocycles. The molecule has 0 saturated carbocycles. The number of carbonyl (C=O) groups is 1. The molecular weight excluding hydrogens is 294 g/mol. The number of amides is 1. The maximum Gasteiger partial charge on any atom is 0.255 e. The summed E-state index contributed by atoms with van der Waals surface area (Å²) in [6.07, 6.45) is 5.65. The lowest BCUT2D eigenvalue weighted by Crippen LogP contribution is -2.37. The summed E-state index contributed by atoms with van der Waals surface area (Å²) in [7, 11) is 1.92. The number of benzene rings is 1. The summed E-state index contributed by atoms with van der Waals surface area (Å²) >= 11 is 0. The first-order valence-electron chi connectivity index (χ1n) is 7.60. The third-order valence-corrected chi connectivity index (χ3v) is 4.25. The Hall–Kier alpha value is -2.60. The number of hydrogen-bond donors (Lipinski definition) is 1. The van der Waals surface area contributed by atoms with E-state index < -0.39 is 0 Å². The van der Waals surface area contributed by atoms with E-state index in [9.17, 15) is 4.79 Å². The highest BCUT2D eigenvalue weighted by molar-refractivity contribution is 6.06. The van der Waals surface area contributed by atoms with Gasteiger partial charge in [0.2, 0.25) is 0 Å². The molecule has 1 N–H and O–H groups in total. The van der Waals surface area contributed by atoms with Crippen molar-refractivity contribution >= 4 is 16.9 Å². The van der Waals surface area contributed by atoms with Crippen LogP contribution in [-0.2, 0) is 11.8 Å². The molecule has 1 aliphatic rings. The minimum atomic E-state index is -0.225. The first-order valence-corrected chi connectivity index (χ1v) is 7.60. The second kappa shape index (κ2) is 5.55. The van der Waals surface area contributed by atoms with E-state index in [-0.39, 0.29) is 18.1 Å². The predicted molar refractivity (Wildman–Crippen MR) is 84.0 cm³/mol. The molecular formula is C17H17N3O3. The zero-order chi connectivity index (χ0) is 15.8. The largest absolute Gasteiger partial charge is 0.463 e. The maximum atomic E-state index is 12.6. The Morgan fingerprint density at radius 1 is 1.39 bits per heavy atom. The summed E-state index contributed by atoms with van der Waals surface area (Å²) < 4.78 is 13.1. The summed E-state index contributed by atoms with van der Waals surface area (Å²) in [6, 6.07) is 7.41. The number of nitrogens with one attached hydrogen (secondary N) is 1. The Labute approximate surface area is 133 Å². The molecule has 0 bridgehead atoms. The van der Waals surface area contributed by atoms with Crippen LogP contribution in [0.2, 0.25) is 0 Å². The molecule has 2 atom stereocenters. The molecule has 1 fully saturated rings. The molecule has 4 rings (SSSR count). The van der Waals surface area contributed by atoms with Crippen molar-refractivity contribution in [1.82, 2.24) is 14.9 Å². The number of aryl methyl sites for hydroxylation is 1. The van der Waals surface area contributed by atoms with Crippen LogP contribution in [0, 0.1) is 0 Å². The number of imidazole rings is 1. The molecule has 1 aliphatic heterocycles. The van der Waals surface area contributed by atoms with Gasteiger partial charge in [-0.1, -0.05) is 18.2 Å². The first kappa shape index (κ1) is 14.0. The summed E-state index contributed by atoms with van der Waals surface area (Å²) in [5.41, 5.74) is 1.26. The molecule has 6 heteroatoms. The van der Waals surface area contributed by atoms with E-state index in [0.717, 1.165) is 17.6 Å². The van der Waals surface area contributed by atoms with Crippen LogP contribution in [0.4, 0.5) is 0 Å². The molecule has 118 valence electrons. The highest BCUT2D eigenvalue weighted by atomic mass is 16.5. The quantitative estimate of drug-likeness (QED) is 0.806. The van der Waals surface area contributed by atoms with Gasteiger partial charge in [-0.05, 0) is 12.5 Å². The average Bonchev–Trinajstić information content (AvgIpc) is 3.26. The van der Waals surface area contributed by atoms with Gasteiger partial charge in [0.15, 0.2) is 0 Å². The summed E-state index contributed by atoms with van der Waals surface area (Å²) in [5, 5.41) is 3.88. The van der Waals surface area contributed by atoms with Crippen LogP contribution >= 0.6 is 0 Å². The number of carbonyl (C=O) groups excluding carboxylic acids is 1. The zero-order valence-electron chi connectivity index (χ0n) is 12.7. The third kappa shape index (κ3) is 2.41. The van der Waals surface area contributed by atoms with Crippen LogP contribution in [0.1, 0.15) is 28.7 Å². The SMILES string of the molecule is Cn1ccnc1[C@H]1OCC[C@@H]1NC(=O)c1coc2ccccc12. The summed E-state index contributed by atoms with van der Waals surface area (Å²) in [6.45, 7) is 0.606. The fraction of sp³-hybridized carbons (Fsp3) is 0.294. The van der Waals surface area contributed by atoms with E-state index in [2.05, 4.69) is 10.3 Å². The van der Waals surface area contributed by atoms with Crippen LogP contribution in [0.15, 0.2) is 47.3 Å². The number of hydrogen-bond acceptors (Lipinski definition) is 4. The van der Waals surface area contributed by atoms with Crippen molar-refractivity contribution < 1.29 is 13.9 Å². The van der Waals surface area contributed by atoms with Gasteiger partial charge >= 0.3 is 0 Å². The van der Waals surface area contributed by atoms with Crippen molar-refractivity contribution in [2.45, 2.75) is 18.6 Å². The van der Waals surface area contributed by atoms with E-state index in [1.165, 1.54) is 6.26 Å².